The van der Waals surface area contributed by atoms with Crippen molar-refractivity contribution in [3.63, 3.8) is 0 Å². The summed E-state index contributed by atoms with van der Waals surface area (Å²) in [6.45, 7) is 2.51. The number of methoxy groups -OCH3 is 1. The van der Waals surface area contributed by atoms with E-state index in [9.17, 15) is 18.8 Å². The molecule has 0 saturated carbocycles. The van der Waals surface area contributed by atoms with Gasteiger partial charge >= 0.3 is 6.03 Å². The van der Waals surface area contributed by atoms with Crippen molar-refractivity contribution in [3.05, 3.63) is 94.8 Å². The minimum atomic E-state index is -0.806. The van der Waals surface area contributed by atoms with Crippen molar-refractivity contribution in [1.82, 2.24) is 10.2 Å². The Kier molecular flexibility index (Phi) is 8.37. The molecule has 1 fully saturated rings. The third-order valence-corrected chi connectivity index (χ3v) is 5.76. The van der Waals surface area contributed by atoms with Crippen LogP contribution < -0.4 is 19.5 Å². The van der Waals surface area contributed by atoms with Crippen LogP contribution in [0.25, 0.3) is 6.08 Å². The first-order chi connectivity index (χ1) is 18.4. The maximum absolute atomic E-state index is 13.8. The predicted molar refractivity (Wildman–Crippen MR) is 138 cm³/mol. The van der Waals surface area contributed by atoms with Gasteiger partial charge in [0, 0.05) is 5.56 Å². The fourth-order valence-electron chi connectivity index (χ4n) is 3.77. The third kappa shape index (κ3) is 6.18. The van der Waals surface area contributed by atoms with Crippen LogP contribution in [0.3, 0.4) is 0 Å². The number of carbonyl (C=O) groups is 3. The molecule has 9 heteroatoms. The van der Waals surface area contributed by atoms with Gasteiger partial charge in [0.2, 0.25) is 0 Å². The molecule has 1 heterocycles. The van der Waals surface area contributed by atoms with Crippen LogP contribution in [0.4, 0.5) is 9.18 Å². The second kappa shape index (κ2) is 12.1. The summed E-state index contributed by atoms with van der Waals surface area (Å²) in [6.07, 6.45) is 2.24. The average Bonchev–Trinajstić information content (AvgIpc) is 2.92. The number of urea groups is 1. The summed E-state index contributed by atoms with van der Waals surface area (Å²) >= 11 is 0. The monoisotopic (exact) mass is 518 g/mol. The van der Waals surface area contributed by atoms with Gasteiger partial charge in [0.1, 0.15) is 23.7 Å². The molecule has 4 rings (SSSR count). The number of nitrogens with one attached hydrogen (secondary N) is 1. The number of carbonyl (C=O) groups excluding carboxylic acids is 3. The molecule has 0 atom stereocenters. The van der Waals surface area contributed by atoms with Crippen molar-refractivity contribution in [2.45, 2.75) is 26.5 Å². The number of halogens is 1. The lowest BCUT2D eigenvalue weighted by Crippen LogP contribution is -2.53. The van der Waals surface area contributed by atoms with Gasteiger partial charge in [-0.3, -0.25) is 19.8 Å². The Balaban J connectivity index is 1.47. The molecule has 0 bridgehead atoms. The SMILES string of the molecule is CCCOc1ccc(CN2C(=O)NC(=O)C(=Cc3ccc(OCc4ccccc4F)cc3)C2=O)cc1OC. The zero-order chi connectivity index (χ0) is 27.1. The number of amides is 4. The number of hydrogen-bond acceptors (Lipinski definition) is 6. The first-order valence-electron chi connectivity index (χ1n) is 12.0. The quantitative estimate of drug-likeness (QED) is 0.304. The van der Waals surface area contributed by atoms with E-state index in [0.717, 1.165) is 11.3 Å². The minimum absolute atomic E-state index is 0.0571. The summed E-state index contributed by atoms with van der Waals surface area (Å²) < 4.78 is 30.4. The summed E-state index contributed by atoms with van der Waals surface area (Å²) in [5, 5.41) is 2.22. The maximum atomic E-state index is 13.8. The molecular formula is C29H27FN2O6. The van der Waals surface area contributed by atoms with Crippen molar-refractivity contribution in [2.24, 2.45) is 0 Å². The Morgan fingerprint density at radius 1 is 0.947 bits per heavy atom. The van der Waals surface area contributed by atoms with Crippen molar-refractivity contribution >= 4 is 23.9 Å². The Morgan fingerprint density at radius 2 is 1.71 bits per heavy atom. The molecule has 38 heavy (non-hydrogen) atoms. The zero-order valence-corrected chi connectivity index (χ0v) is 21.0. The van der Waals surface area contributed by atoms with Crippen LogP contribution in [0, 0.1) is 5.82 Å². The zero-order valence-electron chi connectivity index (χ0n) is 21.0. The molecule has 1 N–H and O–H groups in total. The van der Waals surface area contributed by atoms with E-state index < -0.39 is 17.8 Å². The summed E-state index contributed by atoms with van der Waals surface area (Å²) in [6, 6.07) is 17.3. The van der Waals surface area contributed by atoms with E-state index in [1.54, 1.807) is 60.7 Å². The summed E-state index contributed by atoms with van der Waals surface area (Å²) in [4.78, 5) is 39.1. The van der Waals surface area contributed by atoms with Gasteiger partial charge in [-0.05, 0) is 54.0 Å². The summed E-state index contributed by atoms with van der Waals surface area (Å²) in [7, 11) is 1.51. The standard InChI is InChI=1S/C29H27FN2O6/c1-3-14-37-25-13-10-20(16-26(25)36-2)17-32-28(34)23(27(33)31-29(32)35)15-19-8-11-22(12-9-19)38-18-21-6-4-5-7-24(21)30/h4-13,15-16H,3,14,17-18H2,1-2H3,(H,31,33,35). The van der Waals surface area contributed by atoms with Crippen molar-refractivity contribution in [2.75, 3.05) is 13.7 Å². The van der Waals surface area contributed by atoms with Gasteiger partial charge in [0.15, 0.2) is 11.5 Å². The molecule has 3 aromatic rings. The Morgan fingerprint density at radius 3 is 2.42 bits per heavy atom. The van der Waals surface area contributed by atoms with E-state index >= 15 is 0 Å². The molecule has 1 aliphatic rings. The largest absolute Gasteiger partial charge is 0.493 e. The molecule has 0 radical (unpaired) electrons. The van der Waals surface area contributed by atoms with Gasteiger partial charge in [0.25, 0.3) is 11.8 Å². The lowest BCUT2D eigenvalue weighted by Gasteiger charge is -2.26. The second-order valence-electron chi connectivity index (χ2n) is 8.49. The molecule has 0 aromatic heterocycles. The molecule has 196 valence electrons. The first-order valence-corrected chi connectivity index (χ1v) is 12.0. The van der Waals surface area contributed by atoms with E-state index in [1.807, 2.05) is 6.92 Å². The molecule has 1 saturated heterocycles. The molecular weight excluding hydrogens is 491 g/mol. The van der Waals surface area contributed by atoms with Gasteiger partial charge < -0.3 is 14.2 Å². The van der Waals surface area contributed by atoms with Crippen LogP contribution >= 0.6 is 0 Å². The van der Waals surface area contributed by atoms with Crippen LogP contribution in [-0.2, 0) is 22.7 Å². The molecule has 0 spiro atoms. The Hall–Kier alpha value is -4.66. The fourth-order valence-corrected chi connectivity index (χ4v) is 3.77. The number of barbiturate groups is 1. The topological polar surface area (TPSA) is 94.2 Å². The van der Waals surface area contributed by atoms with Crippen LogP contribution in [0.2, 0.25) is 0 Å². The Labute approximate surface area is 219 Å². The average molecular weight is 519 g/mol. The highest BCUT2D eigenvalue weighted by atomic mass is 19.1. The molecule has 0 aliphatic carbocycles. The van der Waals surface area contributed by atoms with Gasteiger partial charge in [-0.25, -0.2) is 9.18 Å². The lowest BCUT2D eigenvalue weighted by molar-refractivity contribution is -0.130. The molecule has 1 aliphatic heterocycles. The van der Waals surface area contributed by atoms with Gasteiger partial charge in [-0.1, -0.05) is 43.3 Å². The number of imide groups is 2. The van der Waals surface area contributed by atoms with E-state index in [-0.39, 0.29) is 24.5 Å². The number of benzene rings is 3. The Bertz CT molecular complexity index is 1370. The molecule has 8 nitrogen and oxygen atoms in total. The minimum Gasteiger partial charge on any atom is -0.493 e. The predicted octanol–water partition coefficient (Wildman–Crippen LogP) is 4.86. The van der Waals surface area contributed by atoms with Crippen LogP contribution in [-0.4, -0.2) is 36.5 Å². The first kappa shape index (κ1) is 26.4. The summed E-state index contributed by atoms with van der Waals surface area (Å²) in [5.74, 6) is -0.323. The maximum Gasteiger partial charge on any atom is 0.331 e. The third-order valence-electron chi connectivity index (χ3n) is 5.76. The van der Waals surface area contributed by atoms with E-state index in [1.165, 1.54) is 19.3 Å². The van der Waals surface area contributed by atoms with E-state index in [4.69, 9.17) is 14.2 Å². The fraction of sp³-hybridized carbons (Fsp3) is 0.207. The van der Waals surface area contributed by atoms with E-state index in [2.05, 4.69) is 5.32 Å². The molecule has 4 amide bonds. The second-order valence-corrected chi connectivity index (χ2v) is 8.49. The van der Waals surface area contributed by atoms with Gasteiger partial charge in [-0.15, -0.1) is 0 Å². The number of hydrogen-bond donors (Lipinski definition) is 1. The van der Waals surface area contributed by atoms with E-state index in [0.29, 0.717) is 40.5 Å². The highest BCUT2D eigenvalue weighted by Crippen LogP contribution is 2.29. The van der Waals surface area contributed by atoms with Gasteiger partial charge in [0.05, 0.1) is 20.3 Å². The number of nitrogens with zero attached hydrogens (tertiary/aromatic N) is 1. The van der Waals surface area contributed by atoms with Crippen molar-refractivity contribution in [1.29, 1.82) is 0 Å². The van der Waals surface area contributed by atoms with Gasteiger partial charge in [-0.2, -0.15) is 0 Å². The van der Waals surface area contributed by atoms with Crippen molar-refractivity contribution in [3.8, 4) is 17.2 Å². The summed E-state index contributed by atoms with van der Waals surface area (Å²) in [5.41, 5.74) is 1.42. The highest BCUT2D eigenvalue weighted by Gasteiger charge is 2.35. The molecule has 0 unspecified atom stereocenters. The van der Waals surface area contributed by atoms with Crippen LogP contribution in [0.1, 0.15) is 30.0 Å². The van der Waals surface area contributed by atoms with Crippen LogP contribution in [0.15, 0.2) is 72.3 Å². The van der Waals surface area contributed by atoms with Crippen LogP contribution in [0.5, 0.6) is 17.2 Å². The van der Waals surface area contributed by atoms with Crippen molar-refractivity contribution < 1.29 is 33.0 Å². The molecule has 3 aromatic carbocycles. The lowest BCUT2D eigenvalue weighted by atomic mass is 10.1. The number of rotatable bonds is 10. The normalized spacial score (nSPS) is 14.4. The highest BCUT2D eigenvalue weighted by molar-refractivity contribution is 6.30. The smallest absolute Gasteiger partial charge is 0.331 e. The number of ether oxygens (including phenoxy) is 3.